The molecule has 3 nitrogen and oxygen atoms in total. The van der Waals surface area contributed by atoms with Gasteiger partial charge in [-0.05, 0) is 44.8 Å². The number of rotatable bonds is 10. The quantitative estimate of drug-likeness (QED) is 0.499. The van der Waals surface area contributed by atoms with Gasteiger partial charge in [-0.2, -0.15) is 0 Å². The molecule has 0 saturated carbocycles. The number of hydrogen-bond acceptors (Lipinski definition) is 2. The molecule has 1 fully saturated rings. The van der Waals surface area contributed by atoms with E-state index >= 15 is 0 Å². The third-order valence-corrected chi connectivity index (χ3v) is 4.92. The molecule has 1 saturated heterocycles. The molecule has 1 amide bonds. The molecule has 0 aliphatic carbocycles. The van der Waals surface area contributed by atoms with Gasteiger partial charge in [-0.25, -0.2) is 0 Å². The van der Waals surface area contributed by atoms with Gasteiger partial charge in [0.1, 0.15) is 0 Å². The van der Waals surface area contributed by atoms with Crippen LogP contribution in [-0.4, -0.2) is 41.4 Å². The van der Waals surface area contributed by atoms with E-state index in [2.05, 4.69) is 50.1 Å². The van der Waals surface area contributed by atoms with Crippen molar-refractivity contribution in [3.63, 3.8) is 0 Å². The molecule has 1 heterocycles. The van der Waals surface area contributed by atoms with E-state index in [9.17, 15) is 4.79 Å². The molecule has 1 aliphatic heterocycles. The van der Waals surface area contributed by atoms with Gasteiger partial charge in [0.05, 0.1) is 0 Å². The lowest BCUT2D eigenvalue weighted by molar-refractivity contribution is -0.131. The van der Waals surface area contributed by atoms with Crippen LogP contribution in [-0.2, 0) is 4.79 Å². The van der Waals surface area contributed by atoms with E-state index in [0.29, 0.717) is 6.42 Å². The van der Waals surface area contributed by atoms with Crippen molar-refractivity contribution in [3.8, 4) is 0 Å². The van der Waals surface area contributed by atoms with Gasteiger partial charge in [-0.15, -0.1) is 0 Å². The van der Waals surface area contributed by atoms with Crippen LogP contribution in [0.25, 0.3) is 0 Å². The summed E-state index contributed by atoms with van der Waals surface area (Å²) < 4.78 is 0. The van der Waals surface area contributed by atoms with E-state index in [1.807, 2.05) is 17.9 Å². The highest BCUT2D eigenvalue weighted by Crippen LogP contribution is 2.23. The molecule has 0 radical (unpaired) electrons. The van der Waals surface area contributed by atoms with Crippen molar-refractivity contribution in [2.24, 2.45) is 0 Å². The van der Waals surface area contributed by atoms with Gasteiger partial charge in [0, 0.05) is 37.8 Å². The Labute approximate surface area is 160 Å². The number of likely N-dealkylation sites (tertiary alicyclic amines) is 1. The van der Waals surface area contributed by atoms with Crippen molar-refractivity contribution in [2.45, 2.75) is 58.9 Å². The molecule has 144 valence electrons. The summed E-state index contributed by atoms with van der Waals surface area (Å²) in [5.41, 5.74) is 2.27. The normalized spacial score (nSPS) is 17.5. The number of amides is 1. The van der Waals surface area contributed by atoms with Gasteiger partial charge in [0.25, 0.3) is 0 Å². The maximum absolute atomic E-state index is 12.5. The minimum atomic E-state index is 0.164. The molecule has 0 aromatic carbocycles. The van der Waals surface area contributed by atoms with Crippen LogP contribution in [0.3, 0.4) is 0 Å². The number of allylic oxidation sites excluding steroid dienone is 6. The lowest BCUT2D eigenvalue weighted by Crippen LogP contribution is -2.46. The molecule has 26 heavy (non-hydrogen) atoms. The zero-order chi connectivity index (χ0) is 19.4. The topological polar surface area (TPSA) is 23.6 Å². The first kappa shape index (κ1) is 22.2. The third-order valence-electron chi connectivity index (χ3n) is 4.92. The molecule has 0 bridgehead atoms. The van der Waals surface area contributed by atoms with Crippen LogP contribution in [0.4, 0.5) is 0 Å². The Bertz CT molecular complexity index is 549. The summed E-state index contributed by atoms with van der Waals surface area (Å²) in [5, 5.41) is 0. The highest BCUT2D eigenvalue weighted by Gasteiger charge is 2.28. The first-order valence-electron chi connectivity index (χ1n) is 9.92. The molecule has 0 spiro atoms. The van der Waals surface area contributed by atoms with Gasteiger partial charge in [0.15, 0.2) is 0 Å². The Morgan fingerprint density at radius 1 is 1.23 bits per heavy atom. The zero-order valence-electron chi connectivity index (χ0n) is 16.9. The fourth-order valence-corrected chi connectivity index (χ4v) is 3.38. The van der Waals surface area contributed by atoms with E-state index < -0.39 is 0 Å². The maximum atomic E-state index is 12.5. The Morgan fingerprint density at radius 2 is 1.92 bits per heavy atom. The van der Waals surface area contributed by atoms with Crippen molar-refractivity contribution < 1.29 is 4.79 Å². The van der Waals surface area contributed by atoms with E-state index in [0.717, 1.165) is 51.0 Å². The molecular weight excluding hydrogens is 320 g/mol. The number of nitrogens with zero attached hydrogens (tertiary/aromatic N) is 2. The molecule has 0 aromatic rings. The van der Waals surface area contributed by atoms with Gasteiger partial charge in [0.2, 0.25) is 5.91 Å². The smallest absolute Gasteiger partial charge is 0.226 e. The largest absolute Gasteiger partial charge is 0.309 e. The maximum Gasteiger partial charge on any atom is 0.226 e. The minimum absolute atomic E-state index is 0.164. The second-order valence-corrected chi connectivity index (χ2v) is 6.65. The molecule has 1 rings (SSSR count). The molecule has 0 atom stereocenters. The SMILES string of the molecule is C=C/C=C(\C=C)N(C(=O)CC)C1CCN(CCC(/C=C\CC)=C/C)CC1. The minimum Gasteiger partial charge on any atom is -0.309 e. The molecule has 0 aromatic heterocycles. The highest BCUT2D eigenvalue weighted by atomic mass is 16.2. The average Bonchev–Trinajstić information content (AvgIpc) is 2.68. The van der Waals surface area contributed by atoms with Crippen LogP contribution in [0.1, 0.15) is 52.9 Å². The predicted molar refractivity (Wildman–Crippen MR) is 113 cm³/mol. The second-order valence-electron chi connectivity index (χ2n) is 6.65. The lowest BCUT2D eigenvalue weighted by Gasteiger charge is -2.39. The standard InChI is InChI=1S/C23H36N2O/c1-6-11-13-20(8-3)14-17-24-18-15-22(16-19-24)25(23(26)10-5)21(9-4)12-7-2/h7-9,11-13,22H,2,4,6,10,14-19H2,1,3,5H3/b13-11-,20-8+,21-12+. The fourth-order valence-electron chi connectivity index (χ4n) is 3.38. The Morgan fingerprint density at radius 3 is 2.42 bits per heavy atom. The third kappa shape index (κ3) is 6.80. The van der Waals surface area contributed by atoms with Crippen molar-refractivity contribution >= 4 is 5.91 Å². The van der Waals surface area contributed by atoms with Gasteiger partial charge < -0.3 is 9.80 Å². The number of hydrogen-bond donors (Lipinski definition) is 0. The van der Waals surface area contributed by atoms with Crippen molar-refractivity contribution in [1.82, 2.24) is 9.80 Å². The summed E-state index contributed by atoms with van der Waals surface area (Å²) in [4.78, 5) is 16.9. The zero-order valence-corrected chi connectivity index (χ0v) is 16.9. The van der Waals surface area contributed by atoms with Gasteiger partial charge >= 0.3 is 0 Å². The molecule has 0 N–H and O–H groups in total. The summed E-state index contributed by atoms with van der Waals surface area (Å²) in [6, 6.07) is 0.254. The number of carbonyl (C=O) groups excluding carboxylic acids is 1. The van der Waals surface area contributed by atoms with E-state index in [4.69, 9.17) is 0 Å². The van der Waals surface area contributed by atoms with Crippen molar-refractivity contribution in [2.75, 3.05) is 19.6 Å². The number of piperidine rings is 1. The van der Waals surface area contributed by atoms with Crippen LogP contribution < -0.4 is 0 Å². The Hall–Kier alpha value is -1.87. The van der Waals surface area contributed by atoms with E-state index in [-0.39, 0.29) is 11.9 Å². The highest BCUT2D eigenvalue weighted by molar-refractivity contribution is 5.78. The summed E-state index contributed by atoms with van der Waals surface area (Å²) in [6.45, 7) is 17.0. The van der Waals surface area contributed by atoms with E-state index in [1.54, 1.807) is 12.2 Å². The molecular formula is C23H36N2O. The van der Waals surface area contributed by atoms with Crippen molar-refractivity contribution in [1.29, 1.82) is 0 Å². The van der Waals surface area contributed by atoms with Crippen LogP contribution >= 0.6 is 0 Å². The number of carbonyl (C=O) groups is 1. The lowest BCUT2D eigenvalue weighted by atomic mass is 10.0. The Kier molecular flexibility index (Phi) is 10.6. The van der Waals surface area contributed by atoms with E-state index in [1.165, 1.54) is 5.57 Å². The fraction of sp³-hybridized carbons (Fsp3) is 0.522. The van der Waals surface area contributed by atoms with Gasteiger partial charge in [-0.3, -0.25) is 4.79 Å². The van der Waals surface area contributed by atoms with Gasteiger partial charge in [-0.1, -0.05) is 56.9 Å². The summed E-state index contributed by atoms with van der Waals surface area (Å²) >= 11 is 0. The molecule has 0 unspecified atom stereocenters. The van der Waals surface area contributed by atoms with Crippen LogP contribution in [0.5, 0.6) is 0 Å². The summed E-state index contributed by atoms with van der Waals surface area (Å²) in [5.74, 6) is 0.164. The molecule has 1 aliphatic rings. The van der Waals surface area contributed by atoms with Crippen molar-refractivity contribution in [3.05, 3.63) is 60.9 Å². The monoisotopic (exact) mass is 356 g/mol. The van der Waals surface area contributed by atoms with Crippen LogP contribution in [0, 0.1) is 0 Å². The Balaban J connectivity index is 2.66. The summed E-state index contributed by atoms with van der Waals surface area (Å²) in [6.07, 6.45) is 16.7. The van der Waals surface area contributed by atoms with Crippen LogP contribution in [0.15, 0.2) is 60.9 Å². The van der Waals surface area contributed by atoms with Crippen LogP contribution in [0.2, 0.25) is 0 Å². The second kappa shape index (κ2) is 12.5. The molecule has 3 heteroatoms. The first-order valence-corrected chi connectivity index (χ1v) is 9.92. The average molecular weight is 357 g/mol. The first-order chi connectivity index (χ1) is 12.6. The summed E-state index contributed by atoms with van der Waals surface area (Å²) in [7, 11) is 0. The predicted octanol–water partition coefficient (Wildman–Crippen LogP) is 5.25.